The molecule has 0 bridgehead atoms. The number of fused-ring (bicyclic) bond motifs is 1. The van der Waals surface area contributed by atoms with Crippen LogP contribution in [-0.4, -0.2) is 47.4 Å². The summed E-state index contributed by atoms with van der Waals surface area (Å²) < 4.78 is 28.9. The SMILES string of the molecule is CCc1nn2c(c1-c1ccc(C)c(S(=O)(=O)N(CC)CC)c1)NC(=O)CCC2=O. The van der Waals surface area contributed by atoms with Crippen molar-refractivity contribution in [3.05, 3.63) is 29.5 Å². The third kappa shape index (κ3) is 3.72. The van der Waals surface area contributed by atoms with Gasteiger partial charge in [-0.15, -0.1) is 0 Å². The summed E-state index contributed by atoms with van der Waals surface area (Å²) in [7, 11) is -3.66. The zero-order valence-electron chi connectivity index (χ0n) is 17.2. The Labute approximate surface area is 170 Å². The number of nitrogens with zero attached hydrogens (tertiary/aromatic N) is 3. The van der Waals surface area contributed by atoms with E-state index in [0.717, 1.165) is 0 Å². The van der Waals surface area contributed by atoms with Crippen molar-refractivity contribution in [1.29, 1.82) is 0 Å². The lowest BCUT2D eigenvalue weighted by molar-refractivity contribution is -0.116. The van der Waals surface area contributed by atoms with Crippen molar-refractivity contribution in [2.75, 3.05) is 18.4 Å². The van der Waals surface area contributed by atoms with Gasteiger partial charge in [-0.3, -0.25) is 9.59 Å². The molecule has 0 saturated carbocycles. The molecule has 1 N–H and O–H groups in total. The number of amides is 1. The molecule has 3 rings (SSSR count). The van der Waals surface area contributed by atoms with Gasteiger partial charge < -0.3 is 5.32 Å². The van der Waals surface area contributed by atoms with Crippen LogP contribution in [0.2, 0.25) is 0 Å². The number of aromatic nitrogens is 2. The molecular weight excluding hydrogens is 392 g/mol. The Hall–Kier alpha value is -2.52. The van der Waals surface area contributed by atoms with E-state index in [1.807, 2.05) is 6.92 Å². The minimum Gasteiger partial charge on any atom is -0.310 e. The van der Waals surface area contributed by atoms with E-state index in [4.69, 9.17) is 0 Å². The molecule has 0 unspecified atom stereocenters. The van der Waals surface area contributed by atoms with Gasteiger partial charge in [-0.1, -0.05) is 32.9 Å². The Bertz CT molecular complexity index is 1070. The van der Waals surface area contributed by atoms with Crippen LogP contribution in [0.15, 0.2) is 23.1 Å². The van der Waals surface area contributed by atoms with Crippen LogP contribution in [0.25, 0.3) is 11.1 Å². The summed E-state index contributed by atoms with van der Waals surface area (Å²) in [6.45, 7) is 8.00. The molecule has 1 aliphatic rings. The van der Waals surface area contributed by atoms with Crippen molar-refractivity contribution in [2.45, 2.75) is 51.9 Å². The first-order valence-corrected chi connectivity index (χ1v) is 11.2. The number of rotatable bonds is 6. The molecule has 1 aromatic heterocycles. The van der Waals surface area contributed by atoms with Gasteiger partial charge in [0.2, 0.25) is 21.8 Å². The van der Waals surface area contributed by atoms with E-state index in [9.17, 15) is 18.0 Å². The summed E-state index contributed by atoms with van der Waals surface area (Å²) in [4.78, 5) is 24.7. The molecule has 1 aliphatic heterocycles. The highest BCUT2D eigenvalue weighted by atomic mass is 32.2. The second-order valence-corrected chi connectivity index (χ2v) is 8.85. The lowest BCUT2D eigenvalue weighted by Gasteiger charge is -2.20. The van der Waals surface area contributed by atoms with Gasteiger partial charge in [-0.05, 0) is 30.5 Å². The second kappa shape index (κ2) is 8.08. The fraction of sp³-hybridized carbons (Fsp3) is 0.450. The van der Waals surface area contributed by atoms with Crippen LogP contribution in [0.5, 0.6) is 0 Å². The fourth-order valence-electron chi connectivity index (χ4n) is 3.57. The van der Waals surface area contributed by atoms with Crippen LogP contribution >= 0.6 is 0 Å². The molecule has 8 nitrogen and oxygen atoms in total. The molecule has 156 valence electrons. The fourth-order valence-corrected chi connectivity index (χ4v) is 5.28. The predicted molar refractivity (Wildman–Crippen MR) is 110 cm³/mol. The molecule has 9 heteroatoms. The van der Waals surface area contributed by atoms with Gasteiger partial charge in [0.1, 0.15) is 5.82 Å². The van der Waals surface area contributed by atoms with E-state index in [0.29, 0.717) is 47.7 Å². The van der Waals surface area contributed by atoms with Gasteiger partial charge in [-0.2, -0.15) is 14.1 Å². The zero-order chi connectivity index (χ0) is 21.3. The number of anilines is 1. The van der Waals surface area contributed by atoms with Gasteiger partial charge in [0.05, 0.1) is 10.6 Å². The Morgan fingerprint density at radius 2 is 1.83 bits per heavy atom. The largest absolute Gasteiger partial charge is 0.310 e. The van der Waals surface area contributed by atoms with E-state index in [1.54, 1.807) is 39.0 Å². The Balaban J connectivity index is 2.23. The average molecular weight is 419 g/mol. The third-order valence-corrected chi connectivity index (χ3v) is 7.34. The first-order chi connectivity index (χ1) is 13.7. The molecule has 2 aromatic rings. The standard InChI is InChI=1S/C20H26N4O4S/c1-5-15-19(20-21-17(25)10-11-18(26)24(20)22-15)14-9-8-13(4)16(12-14)29(27,28)23(6-2)7-3/h8-9,12H,5-7,10-11H2,1-4H3,(H,21,25). The number of sulfonamides is 1. The zero-order valence-corrected chi connectivity index (χ0v) is 18.0. The summed E-state index contributed by atoms with van der Waals surface area (Å²) in [5.74, 6) is -0.212. The summed E-state index contributed by atoms with van der Waals surface area (Å²) >= 11 is 0. The molecule has 29 heavy (non-hydrogen) atoms. The van der Waals surface area contributed by atoms with Gasteiger partial charge in [0.25, 0.3) is 0 Å². The van der Waals surface area contributed by atoms with Crippen molar-refractivity contribution in [3.8, 4) is 11.1 Å². The van der Waals surface area contributed by atoms with Crippen LogP contribution in [0, 0.1) is 6.92 Å². The van der Waals surface area contributed by atoms with E-state index in [2.05, 4.69) is 10.4 Å². The summed E-state index contributed by atoms with van der Waals surface area (Å²) in [6.07, 6.45) is 0.710. The van der Waals surface area contributed by atoms with Gasteiger partial charge in [0, 0.05) is 31.5 Å². The van der Waals surface area contributed by atoms with E-state index >= 15 is 0 Å². The van der Waals surface area contributed by atoms with Gasteiger partial charge >= 0.3 is 0 Å². The number of hydrogen-bond donors (Lipinski definition) is 1. The van der Waals surface area contributed by atoms with Crippen LogP contribution in [0.1, 0.15) is 49.7 Å². The molecule has 0 aliphatic carbocycles. The number of carbonyl (C=O) groups is 2. The molecule has 1 amide bonds. The Morgan fingerprint density at radius 1 is 1.14 bits per heavy atom. The van der Waals surface area contributed by atoms with Crippen molar-refractivity contribution in [2.24, 2.45) is 0 Å². The molecule has 0 atom stereocenters. The average Bonchev–Trinajstić information content (AvgIpc) is 2.98. The monoisotopic (exact) mass is 418 g/mol. The van der Waals surface area contributed by atoms with Crippen LogP contribution in [-0.2, 0) is 21.2 Å². The summed E-state index contributed by atoms with van der Waals surface area (Å²) in [5, 5.41) is 7.17. The number of aryl methyl sites for hydroxylation is 2. The normalized spacial score (nSPS) is 14.7. The number of benzene rings is 1. The first kappa shape index (κ1) is 21.2. The highest BCUT2D eigenvalue weighted by Crippen LogP contribution is 2.36. The number of carbonyl (C=O) groups excluding carboxylic acids is 2. The maximum absolute atomic E-state index is 13.1. The molecular formula is C20H26N4O4S. The molecule has 0 radical (unpaired) electrons. The number of nitrogens with one attached hydrogen (secondary N) is 1. The summed E-state index contributed by atoms with van der Waals surface area (Å²) in [5.41, 5.74) is 2.46. The Kier molecular flexibility index (Phi) is 5.90. The van der Waals surface area contributed by atoms with Crippen molar-refractivity contribution in [3.63, 3.8) is 0 Å². The molecule has 1 aromatic carbocycles. The molecule has 0 saturated heterocycles. The van der Waals surface area contributed by atoms with Crippen molar-refractivity contribution < 1.29 is 18.0 Å². The first-order valence-electron chi connectivity index (χ1n) is 9.80. The second-order valence-electron chi connectivity index (χ2n) is 6.95. The number of hydrogen-bond acceptors (Lipinski definition) is 5. The maximum Gasteiger partial charge on any atom is 0.249 e. The van der Waals surface area contributed by atoms with Crippen molar-refractivity contribution in [1.82, 2.24) is 14.1 Å². The van der Waals surface area contributed by atoms with Crippen LogP contribution in [0.4, 0.5) is 5.82 Å². The minimum atomic E-state index is -3.66. The highest BCUT2D eigenvalue weighted by molar-refractivity contribution is 7.89. The van der Waals surface area contributed by atoms with E-state index in [1.165, 1.54) is 8.99 Å². The topological polar surface area (TPSA) is 101 Å². The lowest BCUT2D eigenvalue weighted by atomic mass is 10.0. The predicted octanol–water partition coefficient (Wildman–Crippen LogP) is 2.82. The van der Waals surface area contributed by atoms with Gasteiger partial charge in [-0.25, -0.2) is 8.42 Å². The van der Waals surface area contributed by atoms with Crippen LogP contribution in [0.3, 0.4) is 0 Å². The minimum absolute atomic E-state index is 0.0819. The molecule has 0 fully saturated rings. The molecule has 0 spiro atoms. The third-order valence-electron chi connectivity index (χ3n) is 5.15. The highest BCUT2D eigenvalue weighted by Gasteiger charge is 2.29. The van der Waals surface area contributed by atoms with Gasteiger partial charge in [0.15, 0.2) is 0 Å². The smallest absolute Gasteiger partial charge is 0.249 e. The quantitative estimate of drug-likeness (QED) is 0.777. The summed E-state index contributed by atoms with van der Waals surface area (Å²) in [6, 6.07) is 5.16. The van der Waals surface area contributed by atoms with Crippen LogP contribution < -0.4 is 5.32 Å². The lowest BCUT2D eigenvalue weighted by Crippen LogP contribution is -2.31. The van der Waals surface area contributed by atoms with E-state index < -0.39 is 10.0 Å². The molecule has 2 heterocycles. The van der Waals surface area contributed by atoms with Crippen molar-refractivity contribution >= 4 is 27.7 Å². The maximum atomic E-state index is 13.1. The van der Waals surface area contributed by atoms with E-state index in [-0.39, 0.29) is 29.6 Å². The Morgan fingerprint density at radius 3 is 2.45 bits per heavy atom.